The van der Waals surface area contributed by atoms with E-state index in [2.05, 4.69) is 26.6 Å². The van der Waals surface area contributed by atoms with Crippen LogP contribution in [0.2, 0.25) is 0 Å². The third-order valence-electron chi connectivity index (χ3n) is 3.27. The van der Waals surface area contributed by atoms with Crippen molar-refractivity contribution in [3.63, 3.8) is 0 Å². The van der Waals surface area contributed by atoms with E-state index in [-0.39, 0.29) is 18.1 Å². The minimum Gasteiger partial charge on any atom is -0.380 e. The van der Waals surface area contributed by atoms with E-state index in [4.69, 9.17) is 4.74 Å². The van der Waals surface area contributed by atoms with E-state index < -0.39 is 5.82 Å². The van der Waals surface area contributed by atoms with Crippen molar-refractivity contribution in [3.8, 4) is 0 Å². The van der Waals surface area contributed by atoms with E-state index in [1.165, 1.54) is 6.07 Å². The van der Waals surface area contributed by atoms with Gasteiger partial charge in [0, 0.05) is 19.3 Å². The summed E-state index contributed by atoms with van der Waals surface area (Å²) in [6.45, 7) is 2.47. The van der Waals surface area contributed by atoms with E-state index in [1.807, 2.05) is 6.92 Å². The van der Waals surface area contributed by atoms with Gasteiger partial charge in [-0.05, 0) is 47.0 Å². The highest BCUT2D eigenvalue weighted by Gasteiger charge is 2.29. The monoisotopic (exact) mass is 330 g/mol. The van der Waals surface area contributed by atoms with Crippen LogP contribution in [0.3, 0.4) is 0 Å². The lowest BCUT2D eigenvalue weighted by atomic mass is 10.1. The molecule has 0 aliphatic carbocycles. The highest BCUT2D eigenvalue weighted by atomic mass is 79.9. The molecule has 4 nitrogen and oxygen atoms in total. The summed E-state index contributed by atoms with van der Waals surface area (Å²) in [6.07, 6.45) is 0.680. The Kier molecular flexibility index (Phi) is 4.54. The van der Waals surface area contributed by atoms with Crippen LogP contribution in [0.5, 0.6) is 0 Å². The van der Waals surface area contributed by atoms with Gasteiger partial charge in [0.05, 0.1) is 16.6 Å². The first-order chi connectivity index (χ1) is 9.01. The molecule has 6 heteroatoms. The molecule has 1 aliphatic rings. The molecule has 2 atom stereocenters. The van der Waals surface area contributed by atoms with Crippen molar-refractivity contribution >= 4 is 27.5 Å². The van der Waals surface area contributed by atoms with E-state index in [0.29, 0.717) is 23.1 Å². The minimum absolute atomic E-state index is 0.0542. The van der Waals surface area contributed by atoms with Crippen molar-refractivity contribution in [1.29, 1.82) is 0 Å². The maximum Gasteiger partial charge on any atom is 0.241 e. The third-order valence-corrected chi connectivity index (χ3v) is 3.87. The fourth-order valence-electron chi connectivity index (χ4n) is 2.08. The zero-order valence-corrected chi connectivity index (χ0v) is 12.4. The lowest BCUT2D eigenvalue weighted by Crippen LogP contribution is -2.35. The quantitative estimate of drug-likeness (QED) is 0.893. The summed E-state index contributed by atoms with van der Waals surface area (Å²) in [7, 11) is 1.63. The number of carbonyl (C=O) groups excluding carboxylic acids is 1. The van der Waals surface area contributed by atoms with Crippen LogP contribution >= 0.6 is 15.9 Å². The van der Waals surface area contributed by atoms with Crippen molar-refractivity contribution in [2.24, 2.45) is 0 Å². The van der Waals surface area contributed by atoms with Gasteiger partial charge < -0.3 is 15.4 Å². The van der Waals surface area contributed by atoms with Crippen LogP contribution in [0.1, 0.15) is 12.0 Å². The SMILES string of the molecule is COC1CNC(C(=O)Nc2cc(F)c(Br)cc2C)C1. The molecule has 1 aliphatic heterocycles. The third kappa shape index (κ3) is 3.32. The summed E-state index contributed by atoms with van der Waals surface area (Å²) in [5.74, 6) is -0.556. The number of hydrogen-bond acceptors (Lipinski definition) is 3. The molecule has 0 spiro atoms. The predicted octanol–water partition coefficient (Wildman–Crippen LogP) is 2.21. The Morgan fingerprint density at radius 3 is 2.95 bits per heavy atom. The van der Waals surface area contributed by atoms with Gasteiger partial charge in [0.1, 0.15) is 5.82 Å². The fraction of sp³-hybridized carbons (Fsp3) is 0.462. The van der Waals surface area contributed by atoms with Gasteiger partial charge in [-0.2, -0.15) is 0 Å². The number of hydrogen-bond donors (Lipinski definition) is 2. The average molecular weight is 331 g/mol. The van der Waals surface area contributed by atoms with Crippen molar-refractivity contribution in [2.75, 3.05) is 19.0 Å². The predicted molar refractivity (Wildman–Crippen MR) is 74.7 cm³/mol. The number of halogens is 2. The highest BCUT2D eigenvalue weighted by molar-refractivity contribution is 9.10. The number of benzene rings is 1. The summed E-state index contributed by atoms with van der Waals surface area (Å²) < 4.78 is 19.1. The number of rotatable bonds is 3. The van der Waals surface area contributed by atoms with Gasteiger partial charge in [-0.1, -0.05) is 0 Å². The lowest BCUT2D eigenvalue weighted by molar-refractivity contribution is -0.118. The summed E-state index contributed by atoms with van der Waals surface area (Å²) >= 11 is 3.11. The topological polar surface area (TPSA) is 50.4 Å². The largest absolute Gasteiger partial charge is 0.380 e. The fourth-order valence-corrected chi connectivity index (χ4v) is 2.54. The van der Waals surface area contributed by atoms with Crippen LogP contribution in [0.15, 0.2) is 16.6 Å². The van der Waals surface area contributed by atoms with Crippen molar-refractivity contribution < 1.29 is 13.9 Å². The lowest BCUT2D eigenvalue weighted by Gasteiger charge is -2.13. The zero-order valence-electron chi connectivity index (χ0n) is 10.8. The van der Waals surface area contributed by atoms with Gasteiger partial charge in [-0.3, -0.25) is 4.79 Å². The Hall–Kier alpha value is -0.980. The molecule has 1 fully saturated rings. The molecular weight excluding hydrogens is 315 g/mol. The van der Waals surface area contributed by atoms with Gasteiger partial charge in [0.15, 0.2) is 0 Å². The second-order valence-electron chi connectivity index (χ2n) is 4.62. The first-order valence-corrected chi connectivity index (χ1v) is 6.83. The number of nitrogens with one attached hydrogen (secondary N) is 2. The number of anilines is 1. The maximum absolute atomic E-state index is 13.5. The Bertz CT molecular complexity index is 496. The molecule has 2 unspecified atom stereocenters. The van der Waals surface area contributed by atoms with Crippen LogP contribution in [0, 0.1) is 12.7 Å². The molecule has 19 heavy (non-hydrogen) atoms. The molecule has 0 aromatic heterocycles. The molecule has 2 N–H and O–H groups in total. The van der Waals surface area contributed by atoms with Crippen LogP contribution in [0.4, 0.5) is 10.1 Å². The second kappa shape index (κ2) is 5.98. The Labute approximate surface area is 119 Å². The van der Waals surface area contributed by atoms with E-state index >= 15 is 0 Å². The zero-order chi connectivity index (χ0) is 14.0. The van der Waals surface area contributed by atoms with E-state index in [9.17, 15) is 9.18 Å². The molecule has 1 aromatic carbocycles. The summed E-state index contributed by atoms with van der Waals surface area (Å²) in [5.41, 5.74) is 1.30. The summed E-state index contributed by atoms with van der Waals surface area (Å²) in [6, 6.07) is 2.67. The van der Waals surface area contributed by atoms with Crippen molar-refractivity contribution in [3.05, 3.63) is 28.0 Å². The molecule has 0 bridgehead atoms. The van der Waals surface area contributed by atoms with Gasteiger partial charge in [0.25, 0.3) is 0 Å². The number of amides is 1. The summed E-state index contributed by atoms with van der Waals surface area (Å²) in [5, 5.41) is 5.83. The standard InChI is InChI=1S/C13H16BrFN2O2/c1-7-3-9(14)10(15)5-11(7)17-13(18)12-4-8(19-2)6-16-12/h3,5,8,12,16H,4,6H2,1-2H3,(H,17,18). The summed E-state index contributed by atoms with van der Waals surface area (Å²) in [4.78, 5) is 12.1. The normalized spacial score (nSPS) is 22.5. The molecule has 1 heterocycles. The highest BCUT2D eigenvalue weighted by Crippen LogP contribution is 2.24. The van der Waals surface area contributed by atoms with Crippen LogP contribution < -0.4 is 10.6 Å². The second-order valence-corrected chi connectivity index (χ2v) is 5.48. The Morgan fingerprint density at radius 1 is 1.58 bits per heavy atom. The van der Waals surface area contributed by atoms with Gasteiger partial charge in [-0.25, -0.2) is 4.39 Å². The molecule has 1 aromatic rings. The smallest absolute Gasteiger partial charge is 0.241 e. The number of methoxy groups -OCH3 is 1. The van der Waals surface area contributed by atoms with Crippen molar-refractivity contribution in [1.82, 2.24) is 5.32 Å². The van der Waals surface area contributed by atoms with Crippen LogP contribution in [-0.4, -0.2) is 31.7 Å². The first kappa shape index (κ1) is 14.4. The van der Waals surface area contributed by atoms with Crippen molar-refractivity contribution in [2.45, 2.75) is 25.5 Å². The van der Waals surface area contributed by atoms with Crippen LogP contribution in [-0.2, 0) is 9.53 Å². The Morgan fingerprint density at radius 2 is 2.32 bits per heavy atom. The van der Waals surface area contributed by atoms with Gasteiger partial charge in [-0.15, -0.1) is 0 Å². The maximum atomic E-state index is 13.5. The van der Waals surface area contributed by atoms with E-state index in [1.54, 1.807) is 13.2 Å². The minimum atomic E-state index is -0.393. The van der Waals surface area contributed by atoms with Gasteiger partial charge >= 0.3 is 0 Å². The number of aryl methyl sites for hydroxylation is 1. The molecule has 104 valence electrons. The van der Waals surface area contributed by atoms with Gasteiger partial charge in [0.2, 0.25) is 5.91 Å². The average Bonchev–Trinajstić information content (AvgIpc) is 2.84. The molecule has 0 saturated carbocycles. The molecule has 0 radical (unpaired) electrons. The first-order valence-electron chi connectivity index (χ1n) is 6.04. The van der Waals surface area contributed by atoms with Crippen LogP contribution in [0.25, 0.3) is 0 Å². The number of ether oxygens (including phenoxy) is 1. The molecule has 1 saturated heterocycles. The Balaban J connectivity index is 2.05. The molecule has 2 rings (SSSR count). The number of carbonyl (C=O) groups is 1. The molecule has 1 amide bonds. The molecular formula is C13H16BrFN2O2. The van der Waals surface area contributed by atoms with E-state index in [0.717, 1.165) is 5.56 Å².